The summed E-state index contributed by atoms with van der Waals surface area (Å²) in [5.41, 5.74) is 1.25. The Kier molecular flexibility index (Phi) is 5.34. The van der Waals surface area contributed by atoms with Crippen LogP contribution in [-0.4, -0.2) is 42.2 Å². The minimum absolute atomic E-state index is 0.172. The summed E-state index contributed by atoms with van der Waals surface area (Å²) >= 11 is 0. The molecule has 1 aromatic heterocycles. The molecule has 0 fully saturated rings. The number of carbonyl (C=O) groups is 1. The van der Waals surface area contributed by atoms with Crippen LogP contribution in [0, 0.1) is 0 Å². The molecule has 0 unspecified atom stereocenters. The lowest BCUT2D eigenvalue weighted by Gasteiger charge is -2.17. The number of carbonyl (C=O) groups excluding carboxylic acids is 1. The van der Waals surface area contributed by atoms with Crippen molar-refractivity contribution in [2.24, 2.45) is 0 Å². The molecule has 0 bridgehead atoms. The van der Waals surface area contributed by atoms with Crippen LogP contribution in [0.15, 0.2) is 65.2 Å². The lowest BCUT2D eigenvalue weighted by atomic mass is 10.0. The lowest BCUT2D eigenvalue weighted by molar-refractivity contribution is 0.0766. The normalized spacial score (nSPS) is 10.8. The van der Waals surface area contributed by atoms with Gasteiger partial charge in [-0.1, -0.05) is 41.6 Å². The summed E-state index contributed by atoms with van der Waals surface area (Å²) in [6, 6.07) is 18.9. The van der Waals surface area contributed by atoms with Gasteiger partial charge >= 0.3 is 0 Å². The molecule has 7 nitrogen and oxygen atoms in total. The van der Waals surface area contributed by atoms with Gasteiger partial charge in [-0.05, 0) is 35.0 Å². The SMILES string of the molecule is COc1cccc(-c2noc(CN(C)C(=O)c3cc4ccccc4cc3OC)n2)c1. The second-order valence-electron chi connectivity index (χ2n) is 6.80. The van der Waals surface area contributed by atoms with Crippen molar-refractivity contribution < 1.29 is 18.8 Å². The van der Waals surface area contributed by atoms with Gasteiger partial charge in [-0.25, -0.2) is 0 Å². The molecule has 7 heteroatoms. The molecule has 0 spiro atoms. The number of nitrogens with zero attached hydrogens (tertiary/aromatic N) is 3. The van der Waals surface area contributed by atoms with E-state index in [4.69, 9.17) is 14.0 Å². The predicted molar refractivity (Wildman–Crippen MR) is 113 cm³/mol. The zero-order valence-electron chi connectivity index (χ0n) is 17.0. The zero-order valence-corrected chi connectivity index (χ0v) is 17.0. The second-order valence-corrected chi connectivity index (χ2v) is 6.80. The van der Waals surface area contributed by atoms with Crippen LogP contribution in [0.5, 0.6) is 11.5 Å². The number of ether oxygens (including phenoxy) is 2. The van der Waals surface area contributed by atoms with Crippen LogP contribution in [0.3, 0.4) is 0 Å². The summed E-state index contributed by atoms with van der Waals surface area (Å²) in [6.45, 7) is 0.172. The summed E-state index contributed by atoms with van der Waals surface area (Å²) in [5, 5.41) is 5.99. The van der Waals surface area contributed by atoms with Gasteiger partial charge < -0.3 is 18.9 Å². The van der Waals surface area contributed by atoms with E-state index >= 15 is 0 Å². The Morgan fingerprint density at radius 1 is 1.00 bits per heavy atom. The lowest BCUT2D eigenvalue weighted by Crippen LogP contribution is -2.26. The topological polar surface area (TPSA) is 77.7 Å². The molecule has 0 saturated carbocycles. The number of hydrogen-bond acceptors (Lipinski definition) is 6. The van der Waals surface area contributed by atoms with Crippen LogP contribution < -0.4 is 9.47 Å². The number of methoxy groups -OCH3 is 2. The zero-order chi connectivity index (χ0) is 21.1. The van der Waals surface area contributed by atoms with Crippen LogP contribution in [0.1, 0.15) is 16.2 Å². The highest BCUT2D eigenvalue weighted by Gasteiger charge is 2.20. The molecule has 152 valence electrons. The van der Waals surface area contributed by atoms with E-state index in [0.717, 1.165) is 16.3 Å². The molecule has 0 N–H and O–H groups in total. The van der Waals surface area contributed by atoms with Crippen LogP contribution in [0.25, 0.3) is 22.2 Å². The van der Waals surface area contributed by atoms with E-state index in [-0.39, 0.29) is 12.5 Å². The molecular weight excluding hydrogens is 382 g/mol. The maximum atomic E-state index is 13.1. The fourth-order valence-corrected chi connectivity index (χ4v) is 3.23. The third-order valence-electron chi connectivity index (χ3n) is 4.81. The minimum atomic E-state index is -0.196. The first-order valence-electron chi connectivity index (χ1n) is 9.38. The molecular formula is C23H21N3O4. The van der Waals surface area contributed by atoms with E-state index in [1.807, 2.05) is 60.7 Å². The quantitative estimate of drug-likeness (QED) is 0.481. The molecule has 4 aromatic rings. The molecule has 1 heterocycles. The number of fused-ring (bicyclic) bond motifs is 1. The van der Waals surface area contributed by atoms with Crippen molar-refractivity contribution in [3.8, 4) is 22.9 Å². The Labute approximate surface area is 173 Å². The first-order chi connectivity index (χ1) is 14.6. The maximum absolute atomic E-state index is 13.1. The Morgan fingerprint density at radius 3 is 2.50 bits per heavy atom. The molecule has 0 radical (unpaired) electrons. The van der Waals surface area contributed by atoms with Crippen molar-refractivity contribution in [3.63, 3.8) is 0 Å². The summed E-state index contributed by atoms with van der Waals surface area (Å²) in [6.07, 6.45) is 0. The second kappa shape index (κ2) is 8.24. The molecule has 1 amide bonds. The molecule has 30 heavy (non-hydrogen) atoms. The van der Waals surface area contributed by atoms with E-state index < -0.39 is 0 Å². The van der Waals surface area contributed by atoms with Gasteiger partial charge in [0, 0.05) is 12.6 Å². The van der Waals surface area contributed by atoms with Crippen molar-refractivity contribution in [3.05, 3.63) is 72.1 Å². The van der Waals surface area contributed by atoms with Crippen LogP contribution in [-0.2, 0) is 6.54 Å². The number of amides is 1. The molecule has 4 rings (SSSR count). The van der Waals surface area contributed by atoms with E-state index in [1.165, 1.54) is 4.90 Å². The largest absolute Gasteiger partial charge is 0.497 e. The van der Waals surface area contributed by atoms with Gasteiger partial charge in [-0.2, -0.15) is 4.98 Å². The van der Waals surface area contributed by atoms with Crippen molar-refractivity contribution >= 4 is 16.7 Å². The van der Waals surface area contributed by atoms with Crippen molar-refractivity contribution in [2.45, 2.75) is 6.54 Å². The van der Waals surface area contributed by atoms with Gasteiger partial charge in [0.25, 0.3) is 5.91 Å². The summed E-state index contributed by atoms with van der Waals surface area (Å²) < 4.78 is 16.0. The Hall–Kier alpha value is -3.87. The molecule has 0 aliphatic heterocycles. The van der Waals surface area contributed by atoms with E-state index in [0.29, 0.717) is 28.8 Å². The molecule has 0 atom stereocenters. The van der Waals surface area contributed by atoms with Crippen molar-refractivity contribution in [1.82, 2.24) is 15.0 Å². The van der Waals surface area contributed by atoms with Crippen LogP contribution in [0.4, 0.5) is 0 Å². The van der Waals surface area contributed by atoms with Crippen molar-refractivity contribution in [2.75, 3.05) is 21.3 Å². The number of aromatic nitrogens is 2. The number of rotatable bonds is 6. The standard InChI is InChI=1S/C23H21N3O4/c1-26(14-21-24-22(25-30-21)17-9-6-10-18(11-17)28-2)23(27)19-12-15-7-4-5-8-16(15)13-20(19)29-3/h4-13H,14H2,1-3H3. The Morgan fingerprint density at radius 2 is 1.77 bits per heavy atom. The summed E-state index contributed by atoms with van der Waals surface area (Å²) in [5.74, 6) is 1.80. The van der Waals surface area contributed by atoms with Gasteiger partial charge in [0.2, 0.25) is 11.7 Å². The van der Waals surface area contributed by atoms with Crippen LogP contribution in [0.2, 0.25) is 0 Å². The van der Waals surface area contributed by atoms with E-state index in [2.05, 4.69) is 10.1 Å². The highest BCUT2D eigenvalue weighted by molar-refractivity contribution is 6.01. The molecule has 0 aliphatic rings. The Bertz CT molecular complexity index is 1200. The molecule has 0 saturated heterocycles. The maximum Gasteiger partial charge on any atom is 0.257 e. The fraction of sp³-hybridized carbons (Fsp3) is 0.174. The van der Waals surface area contributed by atoms with Gasteiger partial charge in [-0.3, -0.25) is 4.79 Å². The number of hydrogen-bond donors (Lipinski definition) is 0. The molecule has 0 aliphatic carbocycles. The predicted octanol–water partition coefficient (Wildman–Crippen LogP) is 4.18. The number of benzene rings is 3. The van der Waals surface area contributed by atoms with E-state index in [9.17, 15) is 4.79 Å². The average Bonchev–Trinajstić information content (AvgIpc) is 3.26. The third kappa shape index (κ3) is 3.82. The first kappa shape index (κ1) is 19.4. The van der Waals surface area contributed by atoms with Gasteiger partial charge in [0.15, 0.2) is 0 Å². The average molecular weight is 403 g/mol. The Balaban J connectivity index is 1.56. The first-order valence-corrected chi connectivity index (χ1v) is 9.38. The fourth-order valence-electron chi connectivity index (χ4n) is 3.23. The minimum Gasteiger partial charge on any atom is -0.497 e. The van der Waals surface area contributed by atoms with Crippen LogP contribution >= 0.6 is 0 Å². The molecule has 3 aromatic carbocycles. The van der Waals surface area contributed by atoms with Gasteiger partial charge in [-0.15, -0.1) is 0 Å². The summed E-state index contributed by atoms with van der Waals surface area (Å²) in [7, 11) is 4.84. The smallest absolute Gasteiger partial charge is 0.257 e. The summed E-state index contributed by atoms with van der Waals surface area (Å²) in [4.78, 5) is 19.0. The third-order valence-corrected chi connectivity index (χ3v) is 4.81. The van der Waals surface area contributed by atoms with E-state index in [1.54, 1.807) is 21.3 Å². The highest BCUT2D eigenvalue weighted by Crippen LogP contribution is 2.27. The van der Waals surface area contributed by atoms with Crippen molar-refractivity contribution in [1.29, 1.82) is 0 Å². The van der Waals surface area contributed by atoms with Gasteiger partial charge in [0.05, 0.1) is 19.8 Å². The highest BCUT2D eigenvalue weighted by atomic mass is 16.5. The van der Waals surface area contributed by atoms with Gasteiger partial charge in [0.1, 0.15) is 18.0 Å². The monoisotopic (exact) mass is 403 g/mol.